The SMILES string of the molecule is CC(C)c1cc(N[C@H]2CCC[C@H]2C(N)=O)nc(N)n1. The smallest absolute Gasteiger partial charge is 0.222 e. The van der Waals surface area contributed by atoms with E-state index >= 15 is 0 Å². The molecule has 0 aromatic carbocycles. The van der Waals surface area contributed by atoms with Crippen molar-refractivity contribution in [3.63, 3.8) is 0 Å². The summed E-state index contributed by atoms with van der Waals surface area (Å²) in [7, 11) is 0. The fourth-order valence-electron chi connectivity index (χ4n) is 2.52. The summed E-state index contributed by atoms with van der Waals surface area (Å²) < 4.78 is 0. The van der Waals surface area contributed by atoms with Gasteiger partial charge >= 0.3 is 0 Å². The van der Waals surface area contributed by atoms with Crippen molar-refractivity contribution >= 4 is 17.7 Å². The molecular weight excluding hydrogens is 242 g/mol. The molecule has 2 rings (SSSR count). The van der Waals surface area contributed by atoms with E-state index < -0.39 is 0 Å². The minimum Gasteiger partial charge on any atom is -0.369 e. The standard InChI is InChI=1S/C13H21N5O/c1-7(2)10-6-11(18-13(15)17-10)16-9-5-3-4-8(9)12(14)19/h6-9H,3-5H2,1-2H3,(H2,14,19)(H3,15,16,17,18)/t8-,9+/m1/s1. The number of primary amides is 1. The number of carbonyl (C=O) groups is 1. The topological polar surface area (TPSA) is 107 Å². The molecule has 1 aliphatic carbocycles. The summed E-state index contributed by atoms with van der Waals surface area (Å²) in [5.74, 6) is 0.831. The molecule has 1 fully saturated rings. The molecule has 5 N–H and O–H groups in total. The molecule has 0 radical (unpaired) electrons. The van der Waals surface area contributed by atoms with Gasteiger partial charge in [-0.25, -0.2) is 4.98 Å². The molecule has 0 unspecified atom stereocenters. The van der Waals surface area contributed by atoms with Gasteiger partial charge in [-0.05, 0) is 18.8 Å². The molecule has 1 amide bonds. The number of aromatic nitrogens is 2. The average molecular weight is 263 g/mol. The van der Waals surface area contributed by atoms with E-state index in [4.69, 9.17) is 11.5 Å². The third-order valence-electron chi connectivity index (χ3n) is 3.57. The molecule has 1 aromatic rings. The molecule has 0 aliphatic heterocycles. The van der Waals surface area contributed by atoms with E-state index in [1.807, 2.05) is 19.9 Å². The van der Waals surface area contributed by atoms with Gasteiger partial charge in [0.15, 0.2) is 0 Å². The Hall–Kier alpha value is -1.85. The molecule has 1 aliphatic rings. The highest BCUT2D eigenvalue weighted by molar-refractivity contribution is 5.78. The molecule has 0 saturated heterocycles. The first-order valence-corrected chi connectivity index (χ1v) is 6.67. The fourth-order valence-corrected chi connectivity index (χ4v) is 2.52. The lowest BCUT2D eigenvalue weighted by Gasteiger charge is -2.19. The number of nitrogens with one attached hydrogen (secondary N) is 1. The van der Waals surface area contributed by atoms with Crippen LogP contribution in [0.4, 0.5) is 11.8 Å². The molecule has 2 atom stereocenters. The Bertz CT molecular complexity index is 474. The Balaban J connectivity index is 2.16. The lowest BCUT2D eigenvalue weighted by atomic mass is 10.0. The zero-order valence-corrected chi connectivity index (χ0v) is 11.4. The lowest BCUT2D eigenvalue weighted by Crippen LogP contribution is -2.34. The van der Waals surface area contributed by atoms with Crippen LogP contribution in [-0.2, 0) is 4.79 Å². The van der Waals surface area contributed by atoms with Crippen molar-refractivity contribution in [2.45, 2.75) is 45.1 Å². The summed E-state index contributed by atoms with van der Waals surface area (Å²) in [6.07, 6.45) is 2.77. The van der Waals surface area contributed by atoms with Gasteiger partial charge in [-0.3, -0.25) is 4.79 Å². The van der Waals surface area contributed by atoms with E-state index in [2.05, 4.69) is 15.3 Å². The average Bonchev–Trinajstić information content (AvgIpc) is 2.76. The van der Waals surface area contributed by atoms with Crippen molar-refractivity contribution < 1.29 is 4.79 Å². The first-order valence-electron chi connectivity index (χ1n) is 6.67. The summed E-state index contributed by atoms with van der Waals surface area (Å²) >= 11 is 0. The van der Waals surface area contributed by atoms with Gasteiger partial charge < -0.3 is 16.8 Å². The highest BCUT2D eigenvalue weighted by atomic mass is 16.1. The minimum absolute atomic E-state index is 0.0480. The summed E-state index contributed by atoms with van der Waals surface area (Å²) in [6.45, 7) is 4.10. The molecule has 1 heterocycles. The fraction of sp³-hybridized carbons (Fsp3) is 0.615. The van der Waals surface area contributed by atoms with Crippen LogP contribution in [0.1, 0.15) is 44.7 Å². The van der Waals surface area contributed by atoms with Gasteiger partial charge in [-0.1, -0.05) is 20.3 Å². The summed E-state index contributed by atoms with van der Waals surface area (Å²) in [6, 6.07) is 1.93. The zero-order valence-electron chi connectivity index (χ0n) is 11.4. The lowest BCUT2D eigenvalue weighted by molar-refractivity contribution is -0.121. The molecule has 104 valence electrons. The Morgan fingerprint density at radius 3 is 2.79 bits per heavy atom. The number of anilines is 2. The second-order valence-corrected chi connectivity index (χ2v) is 5.38. The van der Waals surface area contributed by atoms with Gasteiger partial charge in [-0.15, -0.1) is 0 Å². The maximum atomic E-state index is 11.4. The van der Waals surface area contributed by atoms with Crippen LogP contribution < -0.4 is 16.8 Å². The maximum absolute atomic E-state index is 11.4. The van der Waals surface area contributed by atoms with Crippen LogP contribution in [0.25, 0.3) is 0 Å². The van der Waals surface area contributed by atoms with E-state index in [1.54, 1.807) is 0 Å². The van der Waals surface area contributed by atoms with Crippen LogP contribution in [0, 0.1) is 5.92 Å². The summed E-state index contributed by atoms with van der Waals surface area (Å²) in [5.41, 5.74) is 12.0. The Kier molecular flexibility index (Phi) is 3.87. The summed E-state index contributed by atoms with van der Waals surface area (Å²) in [4.78, 5) is 19.7. The van der Waals surface area contributed by atoms with Crippen LogP contribution >= 0.6 is 0 Å². The predicted molar refractivity (Wildman–Crippen MR) is 74.5 cm³/mol. The number of nitrogens with two attached hydrogens (primary N) is 2. The predicted octanol–water partition coefficient (Wildman–Crippen LogP) is 1.25. The number of carbonyl (C=O) groups excluding carboxylic acids is 1. The molecule has 6 heteroatoms. The number of rotatable bonds is 4. The van der Waals surface area contributed by atoms with E-state index in [1.165, 1.54) is 0 Å². The van der Waals surface area contributed by atoms with Crippen LogP contribution in [0.2, 0.25) is 0 Å². The monoisotopic (exact) mass is 263 g/mol. The molecular formula is C13H21N5O. The van der Waals surface area contributed by atoms with Crippen LogP contribution in [0.15, 0.2) is 6.07 Å². The van der Waals surface area contributed by atoms with Crippen LogP contribution in [0.5, 0.6) is 0 Å². The molecule has 19 heavy (non-hydrogen) atoms. The number of nitrogen functional groups attached to an aromatic ring is 1. The number of hydrogen-bond acceptors (Lipinski definition) is 5. The molecule has 0 bridgehead atoms. The van der Waals surface area contributed by atoms with Crippen molar-refractivity contribution in [2.75, 3.05) is 11.1 Å². The highest BCUT2D eigenvalue weighted by Gasteiger charge is 2.31. The number of nitrogens with zero attached hydrogens (tertiary/aromatic N) is 2. The molecule has 0 spiro atoms. The first-order chi connectivity index (χ1) is 8.97. The minimum atomic E-state index is -0.249. The van der Waals surface area contributed by atoms with Gasteiger partial charge in [0.1, 0.15) is 5.82 Å². The third-order valence-corrected chi connectivity index (χ3v) is 3.57. The van der Waals surface area contributed by atoms with Crippen LogP contribution in [0.3, 0.4) is 0 Å². The second kappa shape index (κ2) is 5.42. The van der Waals surface area contributed by atoms with Gasteiger partial charge in [-0.2, -0.15) is 4.98 Å². The number of amides is 1. The Morgan fingerprint density at radius 1 is 1.42 bits per heavy atom. The van der Waals surface area contributed by atoms with Crippen LogP contribution in [-0.4, -0.2) is 21.9 Å². The van der Waals surface area contributed by atoms with E-state index in [9.17, 15) is 4.79 Å². The summed E-state index contributed by atoms with van der Waals surface area (Å²) in [5, 5.41) is 3.28. The first kappa shape index (κ1) is 13.6. The largest absolute Gasteiger partial charge is 0.369 e. The van der Waals surface area contributed by atoms with Gasteiger partial charge in [0.25, 0.3) is 0 Å². The van der Waals surface area contributed by atoms with Gasteiger partial charge in [0.2, 0.25) is 11.9 Å². The Labute approximate surface area is 113 Å². The maximum Gasteiger partial charge on any atom is 0.222 e. The zero-order chi connectivity index (χ0) is 14.0. The van der Waals surface area contributed by atoms with Gasteiger partial charge in [0, 0.05) is 12.1 Å². The third kappa shape index (κ3) is 3.13. The Morgan fingerprint density at radius 2 is 2.16 bits per heavy atom. The molecule has 6 nitrogen and oxygen atoms in total. The van der Waals surface area contributed by atoms with Crippen molar-refractivity contribution in [3.8, 4) is 0 Å². The molecule has 1 aromatic heterocycles. The van der Waals surface area contributed by atoms with Crippen molar-refractivity contribution in [1.82, 2.24) is 9.97 Å². The van der Waals surface area contributed by atoms with E-state index in [0.717, 1.165) is 25.0 Å². The second-order valence-electron chi connectivity index (χ2n) is 5.38. The van der Waals surface area contributed by atoms with Crippen molar-refractivity contribution in [1.29, 1.82) is 0 Å². The normalized spacial score (nSPS) is 22.7. The molecule has 1 saturated carbocycles. The van der Waals surface area contributed by atoms with Crippen molar-refractivity contribution in [2.24, 2.45) is 11.7 Å². The quantitative estimate of drug-likeness (QED) is 0.757. The highest BCUT2D eigenvalue weighted by Crippen LogP contribution is 2.28. The van der Waals surface area contributed by atoms with E-state index in [-0.39, 0.29) is 29.7 Å². The van der Waals surface area contributed by atoms with Gasteiger partial charge in [0.05, 0.1) is 11.6 Å². The van der Waals surface area contributed by atoms with Crippen molar-refractivity contribution in [3.05, 3.63) is 11.8 Å². The van der Waals surface area contributed by atoms with E-state index in [0.29, 0.717) is 5.82 Å². The number of hydrogen-bond donors (Lipinski definition) is 3.